The Morgan fingerprint density at radius 2 is 1.95 bits per heavy atom. The minimum absolute atomic E-state index is 0.0938. The molecule has 0 fully saturated rings. The van der Waals surface area contributed by atoms with E-state index in [-0.39, 0.29) is 9.37 Å². The standard InChI is InChI=1S/C12H18BrFN2O2S/c1-3-4-15-5-6-16-19(17,18)12-8-10(13)11(14)7-9(12)2/h7-8,15-16H,3-6H2,1-2H3. The molecular weight excluding hydrogens is 335 g/mol. The average Bonchev–Trinajstić information content (AvgIpc) is 2.33. The molecule has 108 valence electrons. The fourth-order valence-corrected chi connectivity index (χ4v) is 3.35. The van der Waals surface area contributed by atoms with Crippen molar-refractivity contribution in [3.63, 3.8) is 0 Å². The number of benzene rings is 1. The van der Waals surface area contributed by atoms with Gasteiger partial charge in [0.25, 0.3) is 0 Å². The Hall–Kier alpha value is -0.500. The van der Waals surface area contributed by atoms with Crippen LogP contribution in [0.25, 0.3) is 0 Å². The molecule has 0 saturated carbocycles. The van der Waals surface area contributed by atoms with Gasteiger partial charge in [-0.05, 0) is 53.5 Å². The van der Waals surface area contributed by atoms with E-state index in [2.05, 4.69) is 26.0 Å². The zero-order chi connectivity index (χ0) is 14.5. The van der Waals surface area contributed by atoms with E-state index in [4.69, 9.17) is 0 Å². The summed E-state index contributed by atoms with van der Waals surface area (Å²) in [6, 6.07) is 2.49. The van der Waals surface area contributed by atoms with Crippen molar-refractivity contribution < 1.29 is 12.8 Å². The summed E-state index contributed by atoms with van der Waals surface area (Å²) in [5.41, 5.74) is 0.384. The summed E-state index contributed by atoms with van der Waals surface area (Å²) < 4.78 is 40.0. The topological polar surface area (TPSA) is 58.2 Å². The highest BCUT2D eigenvalue weighted by Crippen LogP contribution is 2.23. The van der Waals surface area contributed by atoms with Gasteiger partial charge in [0.05, 0.1) is 9.37 Å². The third-order valence-corrected chi connectivity index (χ3v) is 4.74. The summed E-state index contributed by atoms with van der Waals surface area (Å²) in [7, 11) is -3.60. The zero-order valence-corrected chi connectivity index (χ0v) is 13.4. The second-order valence-corrected chi connectivity index (χ2v) is 6.77. The molecule has 0 saturated heterocycles. The molecule has 0 aliphatic rings. The molecule has 0 radical (unpaired) electrons. The first-order valence-electron chi connectivity index (χ1n) is 6.04. The summed E-state index contributed by atoms with van der Waals surface area (Å²) in [4.78, 5) is 0.0938. The second-order valence-electron chi connectivity index (χ2n) is 4.18. The number of aryl methyl sites for hydroxylation is 1. The van der Waals surface area contributed by atoms with Crippen molar-refractivity contribution in [3.8, 4) is 0 Å². The highest BCUT2D eigenvalue weighted by Gasteiger charge is 2.18. The van der Waals surface area contributed by atoms with Gasteiger partial charge in [0.15, 0.2) is 0 Å². The molecule has 7 heteroatoms. The van der Waals surface area contributed by atoms with E-state index in [1.54, 1.807) is 6.92 Å². The Morgan fingerprint density at radius 1 is 1.26 bits per heavy atom. The van der Waals surface area contributed by atoms with Crippen molar-refractivity contribution in [2.75, 3.05) is 19.6 Å². The van der Waals surface area contributed by atoms with Gasteiger partial charge in [-0.25, -0.2) is 17.5 Å². The predicted molar refractivity (Wildman–Crippen MR) is 77.2 cm³/mol. The molecule has 0 atom stereocenters. The molecule has 0 spiro atoms. The van der Waals surface area contributed by atoms with Crippen molar-refractivity contribution in [2.24, 2.45) is 0 Å². The van der Waals surface area contributed by atoms with Gasteiger partial charge < -0.3 is 5.32 Å². The van der Waals surface area contributed by atoms with Crippen LogP contribution in [0.15, 0.2) is 21.5 Å². The molecule has 1 aromatic carbocycles. The van der Waals surface area contributed by atoms with Crippen LogP contribution in [0.1, 0.15) is 18.9 Å². The molecule has 0 aliphatic heterocycles. The number of sulfonamides is 1. The summed E-state index contributed by atoms with van der Waals surface area (Å²) in [5.74, 6) is -0.471. The van der Waals surface area contributed by atoms with Crippen molar-refractivity contribution in [2.45, 2.75) is 25.2 Å². The van der Waals surface area contributed by atoms with E-state index in [1.807, 2.05) is 6.92 Å². The minimum atomic E-state index is -3.60. The van der Waals surface area contributed by atoms with E-state index in [1.165, 1.54) is 12.1 Å². The van der Waals surface area contributed by atoms with Crippen molar-refractivity contribution in [1.29, 1.82) is 0 Å². The first-order valence-corrected chi connectivity index (χ1v) is 8.32. The lowest BCUT2D eigenvalue weighted by Gasteiger charge is -2.10. The normalized spacial score (nSPS) is 11.8. The first kappa shape index (κ1) is 16.6. The van der Waals surface area contributed by atoms with Crippen molar-refractivity contribution >= 4 is 26.0 Å². The highest BCUT2D eigenvalue weighted by molar-refractivity contribution is 9.10. The van der Waals surface area contributed by atoms with Crippen LogP contribution >= 0.6 is 15.9 Å². The zero-order valence-electron chi connectivity index (χ0n) is 11.0. The largest absolute Gasteiger partial charge is 0.315 e. The van der Waals surface area contributed by atoms with Gasteiger partial charge in [-0.1, -0.05) is 6.92 Å². The van der Waals surface area contributed by atoms with E-state index < -0.39 is 15.8 Å². The van der Waals surface area contributed by atoms with Crippen LogP contribution < -0.4 is 10.0 Å². The minimum Gasteiger partial charge on any atom is -0.315 e. The summed E-state index contributed by atoms with van der Waals surface area (Å²) >= 11 is 3.00. The number of nitrogens with one attached hydrogen (secondary N) is 2. The lowest BCUT2D eigenvalue weighted by atomic mass is 10.2. The highest BCUT2D eigenvalue weighted by atomic mass is 79.9. The Labute approximate surface area is 122 Å². The summed E-state index contributed by atoms with van der Waals surface area (Å²) in [5, 5.41) is 3.10. The quantitative estimate of drug-likeness (QED) is 0.739. The third kappa shape index (κ3) is 4.83. The Morgan fingerprint density at radius 3 is 2.58 bits per heavy atom. The van der Waals surface area contributed by atoms with Crippen molar-refractivity contribution in [3.05, 3.63) is 28.0 Å². The molecule has 1 aromatic rings. The van der Waals surface area contributed by atoms with Gasteiger partial charge in [0.1, 0.15) is 5.82 Å². The van der Waals surface area contributed by atoms with Gasteiger partial charge in [0.2, 0.25) is 10.0 Å². The molecule has 0 bridgehead atoms. The Kier molecular flexibility index (Phi) is 6.38. The molecule has 4 nitrogen and oxygen atoms in total. The van der Waals surface area contributed by atoms with E-state index >= 15 is 0 Å². The molecule has 0 aromatic heterocycles. The van der Waals surface area contributed by atoms with Gasteiger partial charge in [-0.3, -0.25) is 0 Å². The van der Waals surface area contributed by atoms with Crippen LogP contribution in [-0.2, 0) is 10.0 Å². The van der Waals surface area contributed by atoms with Crippen LogP contribution in [0.2, 0.25) is 0 Å². The van der Waals surface area contributed by atoms with Gasteiger partial charge in [-0.15, -0.1) is 0 Å². The monoisotopic (exact) mass is 352 g/mol. The maximum atomic E-state index is 13.3. The Bertz CT molecular complexity index is 535. The molecule has 0 unspecified atom stereocenters. The lowest BCUT2D eigenvalue weighted by molar-refractivity contribution is 0.573. The molecule has 0 amide bonds. The van der Waals surface area contributed by atoms with Gasteiger partial charge >= 0.3 is 0 Å². The molecule has 2 N–H and O–H groups in total. The number of rotatable bonds is 7. The SMILES string of the molecule is CCCNCCNS(=O)(=O)c1cc(Br)c(F)cc1C. The fraction of sp³-hybridized carbons (Fsp3) is 0.500. The Balaban J connectivity index is 2.75. The van der Waals surface area contributed by atoms with Gasteiger partial charge in [-0.2, -0.15) is 0 Å². The van der Waals surface area contributed by atoms with E-state index in [9.17, 15) is 12.8 Å². The molecule has 1 rings (SSSR count). The van der Waals surface area contributed by atoms with E-state index in [0.29, 0.717) is 18.7 Å². The summed E-state index contributed by atoms with van der Waals surface area (Å²) in [6.45, 7) is 5.32. The first-order chi connectivity index (χ1) is 8.88. The van der Waals surface area contributed by atoms with Crippen LogP contribution in [0.5, 0.6) is 0 Å². The molecule has 0 heterocycles. The fourth-order valence-electron chi connectivity index (χ4n) is 1.57. The van der Waals surface area contributed by atoms with Crippen molar-refractivity contribution in [1.82, 2.24) is 10.0 Å². The van der Waals surface area contributed by atoms with E-state index in [0.717, 1.165) is 13.0 Å². The van der Waals surface area contributed by atoms with Crippen LogP contribution in [-0.4, -0.2) is 28.1 Å². The maximum absolute atomic E-state index is 13.3. The van der Waals surface area contributed by atoms with Crippen LogP contribution in [0.3, 0.4) is 0 Å². The molecule has 0 aliphatic carbocycles. The molecular formula is C12H18BrFN2O2S. The number of hydrogen-bond acceptors (Lipinski definition) is 3. The number of hydrogen-bond donors (Lipinski definition) is 2. The summed E-state index contributed by atoms with van der Waals surface area (Å²) in [6.07, 6.45) is 0.997. The smallest absolute Gasteiger partial charge is 0.240 e. The van der Waals surface area contributed by atoms with Crippen LogP contribution in [0.4, 0.5) is 4.39 Å². The third-order valence-electron chi connectivity index (χ3n) is 2.53. The maximum Gasteiger partial charge on any atom is 0.240 e. The lowest BCUT2D eigenvalue weighted by Crippen LogP contribution is -2.32. The average molecular weight is 353 g/mol. The van der Waals surface area contributed by atoms with Crippen LogP contribution in [0, 0.1) is 12.7 Å². The molecule has 19 heavy (non-hydrogen) atoms. The second kappa shape index (κ2) is 7.33. The predicted octanol–water partition coefficient (Wildman–Crippen LogP) is 2.17. The van der Waals surface area contributed by atoms with Gasteiger partial charge in [0, 0.05) is 13.1 Å². The number of halogens is 2.